The van der Waals surface area contributed by atoms with Crippen LogP contribution in [-0.2, 0) is 20.9 Å². The van der Waals surface area contributed by atoms with E-state index in [4.69, 9.17) is 10.5 Å². The van der Waals surface area contributed by atoms with Crippen LogP contribution in [0.15, 0.2) is 49.1 Å². The third-order valence-corrected chi connectivity index (χ3v) is 6.88. The second-order valence-electron chi connectivity index (χ2n) is 9.57. The lowest BCUT2D eigenvalue weighted by atomic mass is 9.96. The van der Waals surface area contributed by atoms with Gasteiger partial charge in [-0.2, -0.15) is 10.2 Å². The van der Waals surface area contributed by atoms with Crippen molar-refractivity contribution in [3.8, 4) is 22.4 Å². The molecule has 11 heteroatoms. The minimum absolute atomic E-state index is 0.109. The van der Waals surface area contributed by atoms with E-state index in [-0.39, 0.29) is 11.8 Å². The number of methoxy groups -OCH3 is 1. The van der Waals surface area contributed by atoms with Gasteiger partial charge in [0.1, 0.15) is 17.4 Å². The molecule has 1 saturated heterocycles. The van der Waals surface area contributed by atoms with Crippen LogP contribution in [0.2, 0.25) is 0 Å². The van der Waals surface area contributed by atoms with Crippen LogP contribution in [0.4, 0.5) is 11.5 Å². The molecular formula is C26H30N8O3. The molecular weight excluding hydrogens is 472 g/mol. The first kappa shape index (κ1) is 24.4. The van der Waals surface area contributed by atoms with Gasteiger partial charge in [-0.3, -0.25) is 14.3 Å². The molecule has 1 aliphatic heterocycles. The zero-order chi connectivity index (χ0) is 26.3. The van der Waals surface area contributed by atoms with Crippen LogP contribution >= 0.6 is 0 Å². The first-order valence-electron chi connectivity index (χ1n) is 12.1. The van der Waals surface area contributed by atoms with Crippen molar-refractivity contribution in [3.05, 3.63) is 49.1 Å². The molecule has 5 rings (SSSR count). The molecule has 1 fully saturated rings. The van der Waals surface area contributed by atoms with Gasteiger partial charge in [0.15, 0.2) is 5.82 Å². The van der Waals surface area contributed by atoms with Gasteiger partial charge in [0.25, 0.3) is 5.91 Å². The van der Waals surface area contributed by atoms with E-state index in [2.05, 4.69) is 15.2 Å². The Hall–Kier alpha value is -4.25. The Morgan fingerprint density at radius 1 is 1.16 bits per heavy atom. The van der Waals surface area contributed by atoms with Gasteiger partial charge >= 0.3 is 0 Å². The second kappa shape index (κ2) is 9.32. The molecule has 2 N–H and O–H groups in total. The van der Waals surface area contributed by atoms with Crippen molar-refractivity contribution >= 4 is 28.8 Å². The third-order valence-electron chi connectivity index (χ3n) is 6.88. The molecule has 0 aliphatic carbocycles. The molecule has 0 spiro atoms. The van der Waals surface area contributed by atoms with Crippen molar-refractivity contribution in [1.82, 2.24) is 29.3 Å². The van der Waals surface area contributed by atoms with Crippen LogP contribution in [-0.4, -0.2) is 73.4 Å². The zero-order valence-corrected chi connectivity index (χ0v) is 21.4. The van der Waals surface area contributed by atoms with Crippen LogP contribution in [0.25, 0.3) is 27.9 Å². The lowest BCUT2D eigenvalue weighted by molar-refractivity contribution is -0.145. The summed E-state index contributed by atoms with van der Waals surface area (Å²) in [4.78, 5) is 33.1. The highest BCUT2D eigenvalue weighted by molar-refractivity contribution is 6.03. The topological polar surface area (TPSA) is 124 Å². The number of benzene rings is 1. The largest absolute Gasteiger partial charge is 0.383 e. The smallest absolute Gasteiger partial charge is 0.252 e. The Morgan fingerprint density at radius 3 is 2.73 bits per heavy atom. The van der Waals surface area contributed by atoms with Crippen LogP contribution in [0.5, 0.6) is 0 Å². The maximum absolute atomic E-state index is 13.4. The van der Waals surface area contributed by atoms with Crippen LogP contribution < -0.4 is 10.6 Å². The van der Waals surface area contributed by atoms with E-state index in [0.717, 1.165) is 28.1 Å². The summed E-state index contributed by atoms with van der Waals surface area (Å²) in [5.74, 6) is 0.123. The maximum atomic E-state index is 13.4. The molecule has 2 amide bonds. The Labute approximate surface area is 214 Å². The van der Waals surface area contributed by atoms with Gasteiger partial charge < -0.3 is 20.3 Å². The van der Waals surface area contributed by atoms with Gasteiger partial charge in [0, 0.05) is 55.7 Å². The van der Waals surface area contributed by atoms with Crippen molar-refractivity contribution in [2.45, 2.75) is 32.9 Å². The number of nitrogens with zero attached hydrogens (tertiary/aromatic N) is 7. The van der Waals surface area contributed by atoms with Gasteiger partial charge in [-0.25, -0.2) is 9.50 Å². The van der Waals surface area contributed by atoms with Crippen molar-refractivity contribution in [2.24, 2.45) is 0 Å². The molecule has 0 unspecified atom stereocenters. The molecule has 3 aromatic heterocycles. The van der Waals surface area contributed by atoms with Crippen LogP contribution in [0.3, 0.4) is 0 Å². The SMILES string of the molecule is COCCn1cc(-c2cc(-c3cccc(N4CCN(C(C)=O)C(C)(C)C4=O)c3)n3ncnc(N)c23)cn1. The van der Waals surface area contributed by atoms with Gasteiger partial charge in [-0.1, -0.05) is 12.1 Å². The van der Waals surface area contributed by atoms with E-state index in [1.165, 1.54) is 13.3 Å². The maximum Gasteiger partial charge on any atom is 0.252 e. The van der Waals surface area contributed by atoms with E-state index in [9.17, 15) is 9.59 Å². The van der Waals surface area contributed by atoms with Crippen LogP contribution in [0.1, 0.15) is 20.8 Å². The number of piperazine rings is 1. The standard InChI is InChI=1S/C26H30N8O3/c1-17(35)33-9-8-32(25(36)26(33,2)3)20-7-5-6-18(12-20)22-13-21(23-24(27)28-16-30-34(22)23)19-14-29-31(15-19)10-11-37-4/h5-7,12-16H,8-11H2,1-4H3,(H2,27,28,30). The minimum atomic E-state index is -0.931. The molecule has 4 heterocycles. The van der Waals surface area contributed by atoms with Crippen molar-refractivity contribution in [2.75, 3.05) is 37.4 Å². The lowest BCUT2D eigenvalue weighted by Crippen LogP contribution is -2.64. The van der Waals surface area contributed by atoms with Crippen molar-refractivity contribution in [3.63, 3.8) is 0 Å². The number of hydrogen-bond acceptors (Lipinski definition) is 7. The number of carbonyl (C=O) groups excluding carboxylic acids is 2. The molecule has 0 atom stereocenters. The Morgan fingerprint density at radius 2 is 1.97 bits per heavy atom. The third kappa shape index (κ3) is 4.20. The number of nitrogens with two attached hydrogens (primary N) is 1. The second-order valence-corrected chi connectivity index (χ2v) is 9.57. The van der Waals surface area contributed by atoms with Gasteiger partial charge in [-0.05, 0) is 32.0 Å². The van der Waals surface area contributed by atoms with E-state index >= 15 is 0 Å². The van der Waals surface area contributed by atoms with E-state index in [0.29, 0.717) is 37.6 Å². The molecule has 37 heavy (non-hydrogen) atoms. The van der Waals surface area contributed by atoms with Crippen molar-refractivity contribution < 1.29 is 14.3 Å². The highest BCUT2D eigenvalue weighted by atomic mass is 16.5. The Kier molecular flexibility index (Phi) is 6.16. The van der Waals surface area contributed by atoms with E-state index in [1.807, 2.05) is 41.2 Å². The fraction of sp³-hybridized carbons (Fsp3) is 0.346. The molecule has 192 valence electrons. The highest BCUT2D eigenvalue weighted by Gasteiger charge is 2.43. The summed E-state index contributed by atoms with van der Waals surface area (Å²) < 4.78 is 8.74. The molecule has 1 aromatic carbocycles. The number of amides is 2. The number of fused-ring (bicyclic) bond motifs is 1. The Bertz CT molecular complexity index is 1490. The number of nitrogen functional groups attached to an aromatic ring is 1. The van der Waals surface area contributed by atoms with Gasteiger partial charge in [0.2, 0.25) is 5.91 Å². The fourth-order valence-electron chi connectivity index (χ4n) is 4.96. The number of hydrogen-bond donors (Lipinski definition) is 1. The summed E-state index contributed by atoms with van der Waals surface area (Å²) in [6.45, 7) is 7.13. The predicted molar refractivity (Wildman–Crippen MR) is 140 cm³/mol. The number of rotatable bonds is 6. The average Bonchev–Trinajstić information content (AvgIpc) is 3.49. The Balaban J connectivity index is 1.56. The van der Waals surface area contributed by atoms with E-state index in [1.54, 1.807) is 41.5 Å². The molecule has 11 nitrogen and oxygen atoms in total. The van der Waals surface area contributed by atoms with E-state index < -0.39 is 5.54 Å². The van der Waals surface area contributed by atoms with Gasteiger partial charge in [-0.15, -0.1) is 0 Å². The molecule has 0 bridgehead atoms. The highest BCUT2D eigenvalue weighted by Crippen LogP contribution is 2.36. The molecule has 4 aromatic rings. The summed E-state index contributed by atoms with van der Waals surface area (Å²) in [5.41, 5.74) is 10.2. The average molecular weight is 503 g/mol. The zero-order valence-electron chi connectivity index (χ0n) is 21.4. The lowest BCUT2D eigenvalue weighted by Gasteiger charge is -2.45. The fourth-order valence-corrected chi connectivity index (χ4v) is 4.96. The summed E-state index contributed by atoms with van der Waals surface area (Å²) in [6, 6.07) is 9.76. The predicted octanol–water partition coefficient (Wildman–Crippen LogP) is 2.46. The molecule has 1 aliphatic rings. The normalized spacial score (nSPS) is 15.5. The number of carbonyl (C=O) groups is 2. The summed E-state index contributed by atoms with van der Waals surface area (Å²) in [6.07, 6.45) is 5.15. The molecule has 0 radical (unpaired) electrons. The molecule has 0 saturated carbocycles. The first-order valence-corrected chi connectivity index (χ1v) is 12.1. The first-order chi connectivity index (χ1) is 17.7. The van der Waals surface area contributed by atoms with Crippen LogP contribution in [0, 0.1) is 0 Å². The number of aromatic nitrogens is 5. The summed E-state index contributed by atoms with van der Waals surface area (Å²) in [5, 5.41) is 8.92. The summed E-state index contributed by atoms with van der Waals surface area (Å²) >= 11 is 0. The van der Waals surface area contributed by atoms with Crippen molar-refractivity contribution in [1.29, 1.82) is 0 Å². The minimum Gasteiger partial charge on any atom is -0.383 e. The number of ether oxygens (including phenoxy) is 1. The summed E-state index contributed by atoms with van der Waals surface area (Å²) in [7, 11) is 1.65. The quantitative estimate of drug-likeness (QED) is 0.429. The monoisotopic (exact) mass is 502 g/mol. The number of anilines is 2. The van der Waals surface area contributed by atoms with Gasteiger partial charge in [0.05, 0.1) is 25.0 Å².